The maximum absolute atomic E-state index is 13.1. The molecule has 4 nitrogen and oxygen atoms in total. The van der Waals surface area contributed by atoms with Gasteiger partial charge in [0.2, 0.25) is 0 Å². The average molecular weight is 255 g/mol. The predicted molar refractivity (Wildman–Crippen MR) is 65.8 cm³/mol. The van der Waals surface area contributed by atoms with E-state index < -0.39 is 18.0 Å². The third kappa shape index (κ3) is 3.70. The maximum Gasteiger partial charge on any atom is 0.260 e. The molecule has 5 heteroatoms. The summed E-state index contributed by atoms with van der Waals surface area (Å²) in [5, 5.41) is 12.2. The minimum absolute atomic E-state index is 0.252. The van der Waals surface area contributed by atoms with E-state index in [0.29, 0.717) is 17.9 Å². The largest absolute Gasteiger partial charge is 0.481 e. The summed E-state index contributed by atoms with van der Waals surface area (Å²) >= 11 is 0. The number of aliphatic hydroxyl groups is 1. The first-order valence-corrected chi connectivity index (χ1v) is 5.87. The number of hydrogen-bond acceptors (Lipinski definition) is 3. The minimum atomic E-state index is -0.864. The summed E-state index contributed by atoms with van der Waals surface area (Å²) in [6.45, 7) is 5.43. The van der Waals surface area contributed by atoms with E-state index in [2.05, 4.69) is 5.32 Å². The Hall–Kier alpha value is -1.62. The van der Waals surface area contributed by atoms with Crippen LogP contribution in [0.4, 0.5) is 4.39 Å². The van der Waals surface area contributed by atoms with E-state index in [4.69, 9.17) is 4.74 Å². The van der Waals surface area contributed by atoms with Crippen molar-refractivity contribution in [1.82, 2.24) is 5.32 Å². The first-order chi connectivity index (χ1) is 8.45. The van der Waals surface area contributed by atoms with Gasteiger partial charge < -0.3 is 15.2 Å². The second kappa shape index (κ2) is 6.35. The molecule has 100 valence electrons. The van der Waals surface area contributed by atoms with Gasteiger partial charge in [0.05, 0.1) is 6.10 Å². The van der Waals surface area contributed by atoms with E-state index in [1.54, 1.807) is 6.92 Å². The fourth-order valence-corrected chi connectivity index (χ4v) is 1.52. The van der Waals surface area contributed by atoms with Gasteiger partial charge in [-0.3, -0.25) is 4.79 Å². The molecule has 1 aromatic carbocycles. The van der Waals surface area contributed by atoms with E-state index in [-0.39, 0.29) is 5.91 Å². The number of carbonyl (C=O) groups is 1. The lowest BCUT2D eigenvalue weighted by molar-refractivity contribution is -0.127. The van der Waals surface area contributed by atoms with Crippen molar-refractivity contribution in [2.24, 2.45) is 0 Å². The molecular weight excluding hydrogens is 237 g/mol. The number of benzene rings is 1. The zero-order valence-electron chi connectivity index (χ0n) is 10.7. The number of halogens is 1. The third-order valence-electron chi connectivity index (χ3n) is 2.45. The zero-order valence-corrected chi connectivity index (χ0v) is 10.7. The Morgan fingerprint density at radius 3 is 2.72 bits per heavy atom. The number of nitrogens with one attached hydrogen (secondary N) is 1. The van der Waals surface area contributed by atoms with Gasteiger partial charge in [0, 0.05) is 12.1 Å². The SMILES string of the molecule is CCNC(=O)C(C)Oc1ccc(F)cc1[C@@H](C)O. The van der Waals surface area contributed by atoms with Gasteiger partial charge in [-0.15, -0.1) is 0 Å². The first-order valence-electron chi connectivity index (χ1n) is 5.87. The molecule has 0 aliphatic heterocycles. The number of rotatable bonds is 5. The highest BCUT2D eigenvalue weighted by molar-refractivity contribution is 5.80. The molecule has 18 heavy (non-hydrogen) atoms. The lowest BCUT2D eigenvalue weighted by Gasteiger charge is -2.18. The number of aliphatic hydroxyl groups excluding tert-OH is 1. The highest BCUT2D eigenvalue weighted by Crippen LogP contribution is 2.26. The van der Waals surface area contributed by atoms with Gasteiger partial charge in [-0.2, -0.15) is 0 Å². The maximum atomic E-state index is 13.1. The summed E-state index contributed by atoms with van der Waals surface area (Å²) in [5.74, 6) is -0.396. The Bertz CT molecular complexity index is 421. The number of amides is 1. The number of carbonyl (C=O) groups excluding carboxylic acids is 1. The molecule has 1 rings (SSSR count). The Kier molecular flexibility index (Phi) is 5.09. The van der Waals surface area contributed by atoms with Crippen LogP contribution in [0.2, 0.25) is 0 Å². The van der Waals surface area contributed by atoms with Crippen molar-refractivity contribution in [2.45, 2.75) is 33.0 Å². The number of ether oxygens (including phenoxy) is 1. The molecule has 2 atom stereocenters. The smallest absolute Gasteiger partial charge is 0.260 e. The van der Waals surface area contributed by atoms with Crippen LogP contribution in [-0.2, 0) is 4.79 Å². The summed E-state index contributed by atoms with van der Waals surface area (Å²) in [6.07, 6.45) is -1.56. The third-order valence-corrected chi connectivity index (χ3v) is 2.45. The van der Waals surface area contributed by atoms with E-state index >= 15 is 0 Å². The van der Waals surface area contributed by atoms with Crippen molar-refractivity contribution < 1.29 is 19.0 Å². The van der Waals surface area contributed by atoms with Crippen LogP contribution >= 0.6 is 0 Å². The number of likely N-dealkylation sites (N-methyl/N-ethyl adjacent to an activating group) is 1. The van der Waals surface area contributed by atoms with Gasteiger partial charge in [0.15, 0.2) is 6.10 Å². The quantitative estimate of drug-likeness (QED) is 0.843. The Morgan fingerprint density at radius 2 is 2.17 bits per heavy atom. The fraction of sp³-hybridized carbons (Fsp3) is 0.462. The lowest BCUT2D eigenvalue weighted by atomic mass is 10.1. The van der Waals surface area contributed by atoms with Crippen LogP contribution in [0, 0.1) is 5.82 Å². The van der Waals surface area contributed by atoms with Crippen molar-refractivity contribution in [3.8, 4) is 5.75 Å². The van der Waals surface area contributed by atoms with Gasteiger partial charge in [0.1, 0.15) is 11.6 Å². The standard InChI is InChI=1S/C13H18FNO3/c1-4-15-13(17)9(3)18-12-6-5-10(14)7-11(12)8(2)16/h5-9,16H,4H2,1-3H3,(H,15,17)/t8-,9?/m1/s1. The molecule has 0 radical (unpaired) electrons. The summed E-state index contributed by atoms with van der Waals surface area (Å²) in [7, 11) is 0. The molecule has 0 bridgehead atoms. The zero-order chi connectivity index (χ0) is 13.7. The normalized spacial score (nSPS) is 13.8. The molecule has 0 saturated heterocycles. The molecule has 1 aromatic rings. The lowest BCUT2D eigenvalue weighted by Crippen LogP contribution is -2.36. The van der Waals surface area contributed by atoms with Crippen molar-refractivity contribution in [1.29, 1.82) is 0 Å². The van der Waals surface area contributed by atoms with Gasteiger partial charge >= 0.3 is 0 Å². The predicted octanol–water partition coefficient (Wildman–Crippen LogP) is 1.78. The molecule has 0 heterocycles. The van der Waals surface area contributed by atoms with Crippen molar-refractivity contribution >= 4 is 5.91 Å². The van der Waals surface area contributed by atoms with E-state index in [9.17, 15) is 14.3 Å². The van der Waals surface area contributed by atoms with Crippen LogP contribution < -0.4 is 10.1 Å². The Morgan fingerprint density at radius 1 is 1.50 bits per heavy atom. The van der Waals surface area contributed by atoms with Crippen LogP contribution in [0.25, 0.3) is 0 Å². The molecule has 0 saturated carbocycles. The molecule has 0 aliphatic carbocycles. The van der Waals surface area contributed by atoms with Crippen LogP contribution in [0.3, 0.4) is 0 Å². The van der Waals surface area contributed by atoms with Crippen molar-refractivity contribution in [3.05, 3.63) is 29.6 Å². The topological polar surface area (TPSA) is 58.6 Å². The molecule has 0 aromatic heterocycles. The Balaban J connectivity index is 2.87. The van der Waals surface area contributed by atoms with Gasteiger partial charge in [-0.05, 0) is 39.0 Å². The summed E-state index contributed by atoms with van der Waals surface area (Å²) in [6, 6.07) is 3.84. The summed E-state index contributed by atoms with van der Waals surface area (Å²) in [5.41, 5.74) is 0.325. The Labute approximate surface area is 106 Å². The molecule has 0 spiro atoms. The van der Waals surface area contributed by atoms with Crippen molar-refractivity contribution in [3.63, 3.8) is 0 Å². The van der Waals surface area contributed by atoms with Gasteiger partial charge in [0.25, 0.3) is 5.91 Å². The van der Waals surface area contributed by atoms with Crippen molar-refractivity contribution in [2.75, 3.05) is 6.54 Å². The van der Waals surface area contributed by atoms with Crippen LogP contribution in [0.1, 0.15) is 32.4 Å². The molecule has 1 unspecified atom stereocenters. The summed E-state index contributed by atoms with van der Waals surface area (Å²) < 4.78 is 18.5. The molecular formula is C13H18FNO3. The first kappa shape index (κ1) is 14.4. The molecule has 0 aliphatic rings. The van der Waals surface area contributed by atoms with E-state index in [1.807, 2.05) is 6.92 Å². The average Bonchev–Trinajstić information content (AvgIpc) is 2.31. The van der Waals surface area contributed by atoms with Crippen LogP contribution in [-0.4, -0.2) is 23.7 Å². The van der Waals surface area contributed by atoms with Gasteiger partial charge in [-0.1, -0.05) is 0 Å². The second-order valence-corrected chi connectivity index (χ2v) is 4.01. The molecule has 1 amide bonds. The highest BCUT2D eigenvalue weighted by atomic mass is 19.1. The van der Waals surface area contributed by atoms with E-state index in [0.717, 1.165) is 0 Å². The molecule has 2 N–H and O–H groups in total. The minimum Gasteiger partial charge on any atom is -0.481 e. The summed E-state index contributed by atoms with van der Waals surface area (Å²) in [4.78, 5) is 11.5. The highest BCUT2D eigenvalue weighted by Gasteiger charge is 2.17. The molecule has 0 fully saturated rings. The van der Waals surface area contributed by atoms with E-state index in [1.165, 1.54) is 25.1 Å². The second-order valence-electron chi connectivity index (χ2n) is 4.01. The monoisotopic (exact) mass is 255 g/mol. The van der Waals surface area contributed by atoms with Crippen LogP contribution in [0.15, 0.2) is 18.2 Å². The number of hydrogen-bond donors (Lipinski definition) is 2. The fourth-order valence-electron chi connectivity index (χ4n) is 1.52. The van der Waals surface area contributed by atoms with Gasteiger partial charge in [-0.25, -0.2) is 4.39 Å². The van der Waals surface area contributed by atoms with Crippen LogP contribution in [0.5, 0.6) is 5.75 Å².